The van der Waals surface area contributed by atoms with E-state index in [0.717, 1.165) is 31.6 Å². The molecule has 1 saturated heterocycles. The molecule has 2 N–H and O–H groups in total. The zero-order chi connectivity index (χ0) is 15.3. The Morgan fingerprint density at radius 3 is 2.95 bits per heavy atom. The number of carbonyl (C=O) groups is 1. The summed E-state index contributed by atoms with van der Waals surface area (Å²) in [6, 6.07) is -0.258. The van der Waals surface area contributed by atoms with Crippen molar-refractivity contribution in [3.63, 3.8) is 0 Å². The Bertz CT molecular complexity index is 466. The second kappa shape index (κ2) is 7.04. The molecule has 6 nitrogen and oxygen atoms in total. The fourth-order valence-corrected chi connectivity index (χ4v) is 2.87. The summed E-state index contributed by atoms with van der Waals surface area (Å²) in [7, 11) is 1.63. The zero-order valence-corrected chi connectivity index (χ0v) is 13.2. The highest BCUT2D eigenvalue weighted by Crippen LogP contribution is 2.33. The molecule has 2 heterocycles. The Balaban J connectivity index is 2.10. The normalized spacial score (nSPS) is 19.2. The summed E-state index contributed by atoms with van der Waals surface area (Å²) in [4.78, 5) is 16.5. The summed E-state index contributed by atoms with van der Waals surface area (Å²) in [5.41, 5.74) is 1.24. The number of imidazole rings is 1. The van der Waals surface area contributed by atoms with Gasteiger partial charge in [0.1, 0.15) is 6.04 Å². The number of carbonyl (C=O) groups excluding carboxylic acids is 1. The molecule has 1 unspecified atom stereocenters. The van der Waals surface area contributed by atoms with E-state index in [4.69, 9.17) is 4.74 Å². The van der Waals surface area contributed by atoms with Crippen LogP contribution in [0.15, 0.2) is 12.5 Å². The Kier molecular flexibility index (Phi) is 5.36. The van der Waals surface area contributed by atoms with E-state index in [1.54, 1.807) is 13.4 Å². The van der Waals surface area contributed by atoms with Gasteiger partial charge in [0.2, 0.25) is 5.91 Å². The van der Waals surface area contributed by atoms with E-state index in [1.165, 1.54) is 0 Å². The topological polar surface area (TPSA) is 68.2 Å². The molecule has 0 saturated carbocycles. The predicted molar refractivity (Wildman–Crippen MR) is 81.3 cm³/mol. The van der Waals surface area contributed by atoms with Crippen LogP contribution in [-0.4, -0.2) is 48.8 Å². The number of hydrogen-bond acceptors (Lipinski definition) is 4. The SMILES string of the molecule is COCCNC(=O)C(C)n1cncc1C1(C)CCNCC1. The molecular formula is C15H26N4O2. The first kappa shape index (κ1) is 16.0. The van der Waals surface area contributed by atoms with Gasteiger partial charge in [-0.1, -0.05) is 6.92 Å². The van der Waals surface area contributed by atoms with Crippen molar-refractivity contribution < 1.29 is 9.53 Å². The largest absolute Gasteiger partial charge is 0.383 e. The Labute approximate surface area is 126 Å². The van der Waals surface area contributed by atoms with Gasteiger partial charge >= 0.3 is 0 Å². The number of aromatic nitrogens is 2. The predicted octanol–water partition coefficient (Wildman–Crippen LogP) is 0.848. The highest BCUT2D eigenvalue weighted by molar-refractivity contribution is 5.80. The van der Waals surface area contributed by atoms with E-state index < -0.39 is 0 Å². The number of amides is 1. The van der Waals surface area contributed by atoms with Gasteiger partial charge in [0.15, 0.2) is 0 Å². The number of piperidine rings is 1. The molecule has 6 heteroatoms. The van der Waals surface area contributed by atoms with Crippen LogP contribution in [0.1, 0.15) is 38.4 Å². The summed E-state index contributed by atoms with van der Waals surface area (Å²) in [6.45, 7) is 7.25. The lowest BCUT2D eigenvalue weighted by atomic mass is 9.78. The monoisotopic (exact) mass is 294 g/mol. The van der Waals surface area contributed by atoms with Gasteiger partial charge in [0.25, 0.3) is 0 Å². The third kappa shape index (κ3) is 3.63. The summed E-state index contributed by atoms with van der Waals surface area (Å²) in [5.74, 6) is 0.00355. The molecule has 0 bridgehead atoms. The average Bonchev–Trinajstić information content (AvgIpc) is 2.97. The first-order valence-corrected chi connectivity index (χ1v) is 7.58. The van der Waals surface area contributed by atoms with Crippen molar-refractivity contribution >= 4 is 5.91 Å². The molecule has 0 radical (unpaired) electrons. The van der Waals surface area contributed by atoms with Crippen LogP contribution in [0.5, 0.6) is 0 Å². The minimum atomic E-state index is -0.258. The van der Waals surface area contributed by atoms with Gasteiger partial charge in [-0.25, -0.2) is 4.98 Å². The zero-order valence-electron chi connectivity index (χ0n) is 13.2. The minimum Gasteiger partial charge on any atom is -0.383 e. The third-order valence-corrected chi connectivity index (χ3v) is 4.39. The maximum atomic E-state index is 12.2. The molecule has 1 aromatic heterocycles. The third-order valence-electron chi connectivity index (χ3n) is 4.39. The molecule has 118 valence electrons. The molecule has 0 spiro atoms. The Morgan fingerprint density at radius 1 is 1.57 bits per heavy atom. The van der Waals surface area contributed by atoms with Gasteiger partial charge in [-0.15, -0.1) is 0 Å². The van der Waals surface area contributed by atoms with Crippen molar-refractivity contribution in [1.29, 1.82) is 0 Å². The van der Waals surface area contributed by atoms with E-state index in [-0.39, 0.29) is 17.4 Å². The van der Waals surface area contributed by atoms with Crippen LogP contribution in [0.4, 0.5) is 0 Å². The van der Waals surface area contributed by atoms with Gasteiger partial charge in [-0.05, 0) is 32.9 Å². The standard InChI is InChI=1S/C15H26N4O2/c1-12(14(20)18-8-9-21-3)19-11-17-10-13(19)15(2)4-6-16-7-5-15/h10-12,16H,4-9H2,1-3H3,(H,18,20). The molecule has 0 aromatic carbocycles. The lowest BCUT2D eigenvalue weighted by Crippen LogP contribution is -2.40. The lowest BCUT2D eigenvalue weighted by Gasteiger charge is -2.35. The average molecular weight is 294 g/mol. The number of rotatable bonds is 6. The van der Waals surface area contributed by atoms with Crippen LogP contribution in [0.3, 0.4) is 0 Å². The highest BCUT2D eigenvalue weighted by Gasteiger charge is 2.33. The van der Waals surface area contributed by atoms with Gasteiger partial charge < -0.3 is 19.9 Å². The van der Waals surface area contributed by atoms with Crippen LogP contribution in [0.25, 0.3) is 0 Å². The van der Waals surface area contributed by atoms with Gasteiger partial charge in [0.05, 0.1) is 12.9 Å². The number of nitrogens with zero attached hydrogens (tertiary/aromatic N) is 2. The maximum Gasteiger partial charge on any atom is 0.242 e. The van der Waals surface area contributed by atoms with E-state index in [1.807, 2.05) is 17.7 Å². The smallest absolute Gasteiger partial charge is 0.242 e. The number of hydrogen-bond donors (Lipinski definition) is 2. The second-order valence-corrected chi connectivity index (χ2v) is 5.96. The van der Waals surface area contributed by atoms with Crippen LogP contribution in [-0.2, 0) is 14.9 Å². The summed E-state index contributed by atoms with van der Waals surface area (Å²) >= 11 is 0. The molecule has 21 heavy (non-hydrogen) atoms. The van der Waals surface area contributed by atoms with Crippen molar-refractivity contribution in [2.75, 3.05) is 33.4 Å². The molecule has 2 rings (SSSR count). The first-order chi connectivity index (χ1) is 10.1. The van der Waals surface area contributed by atoms with Crippen molar-refractivity contribution in [3.05, 3.63) is 18.2 Å². The Morgan fingerprint density at radius 2 is 2.29 bits per heavy atom. The molecule has 1 atom stereocenters. The van der Waals surface area contributed by atoms with Gasteiger partial charge in [-0.2, -0.15) is 0 Å². The highest BCUT2D eigenvalue weighted by atomic mass is 16.5. The van der Waals surface area contributed by atoms with Crippen molar-refractivity contribution in [3.8, 4) is 0 Å². The van der Waals surface area contributed by atoms with Crippen molar-refractivity contribution in [2.24, 2.45) is 0 Å². The summed E-state index contributed by atoms with van der Waals surface area (Å²) in [6.07, 6.45) is 5.81. The van der Waals surface area contributed by atoms with E-state index in [2.05, 4.69) is 22.5 Å². The van der Waals surface area contributed by atoms with Gasteiger partial charge in [0, 0.05) is 31.0 Å². The summed E-state index contributed by atoms with van der Waals surface area (Å²) in [5, 5.41) is 6.27. The van der Waals surface area contributed by atoms with Crippen molar-refractivity contribution in [2.45, 2.75) is 38.1 Å². The quantitative estimate of drug-likeness (QED) is 0.763. The van der Waals surface area contributed by atoms with Crippen LogP contribution in [0, 0.1) is 0 Å². The molecule has 1 aliphatic heterocycles. The summed E-state index contributed by atoms with van der Waals surface area (Å²) < 4.78 is 6.96. The number of ether oxygens (including phenoxy) is 1. The maximum absolute atomic E-state index is 12.2. The molecule has 1 amide bonds. The molecule has 1 fully saturated rings. The number of nitrogens with one attached hydrogen (secondary N) is 2. The van der Waals surface area contributed by atoms with Gasteiger partial charge in [-0.3, -0.25) is 4.79 Å². The molecule has 0 aliphatic carbocycles. The van der Waals surface area contributed by atoms with Crippen LogP contribution in [0.2, 0.25) is 0 Å². The van der Waals surface area contributed by atoms with E-state index in [0.29, 0.717) is 13.2 Å². The van der Waals surface area contributed by atoms with Crippen LogP contribution >= 0.6 is 0 Å². The van der Waals surface area contributed by atoms with Crippen molar-refractivity contribution in [1.82, 2.24) is 20.2 Å². The van der Waals surface area contributed by atoms with E-state index in [9.17, 15) is 4.79 Å². The number of methoxy groups -OCH3 is 1. The lowest BCUT2D eigenvalue weighted by molar-refractivity contribution is -0.124. The molecule has 1 aliphatic rings. The fraction of sp³-hybridized carbons (Fsp3) is 0.733. The Hall–Kier alpha value is -1.40. The van der Waals surface area contributed by atoms with Crippen LogP contribution < -0.4 is 10.6 Å². The molecule has 1 aromatic rings. The minimum absolute atomic E-state index is 0.00355. The fourth-order valence-electron chi connectivity index (χ4n) is 2.87. The first-order valence-electron chi connectivity index (χ1n) is 7.58. The van der Waals surface area contributed by atoms with E-state index >= 15 is 0 Å². The molecular weight excluding hydrogens is 268 g/mol. The second-order valence-electron chi connectivity index (χ2n) is 5.96.